The highest BCUT2D eigenvalue weighted by atomic mass is 16.7. The molecule has 1 rings (SSSR count). The Morgan fingerprint density at radius 3 is 2.47 bits per heavy atom. The predicted octanol–water partition coefficient (Wildman–Crippen LogP) is -1.55. The fourth-order valence-corrected chi connectivity index (χ4v) is 1.82. The quantitative estimate of drug-likeness (QED) is 0.490. The van der Waals surface area contributed by atoms with Crippen LogP contribution in [0.2, 0.25) is 0 Å². The fraction of sp³-hybridized carbons (Fsp3) is 0.818. The molecule has 0 spiro atoms. The maximum absolute atomic E-state index is 11.0. The summed E-state index contributed by atoms with van der Waals surface area (Å²) < 4.78 is 10.5. The Hall–Kier alpha value is -1.22. The summed E-state index contributed by atoms with van der Waals surface area (Å²) in [5, 5.41) is 30.8. The molecule has 8 heteroatoms. The summed E-state index contributed by atoms with van der Waals surface area (Å²) in [6, 6.07) is -1.56. The van der Waals surface area contributed by atoms with Crippen LogP contribution in [0.5, 0.6) is 0 Å². The second-order valence-electron chi connectivity index (χ2n) is 4.87. The van der Waals surface area contributed by atoms with E-state index >= 15 is 0 Å². The van der Waals surface area contributed by atoms with Crippen LogP contribution >= 0.6 is 0 Å². The van der Waals surface area contributed by atoms with Gasteiger partial charge in [0.05, 0.1) is 6.61 Å². The molecular formula is C11H19NO7. The third-order valence-corrected chi connectivity index (χ3v) is 2.70. The molecule has 1 saturated heterocycles. The van der Waals surface area contributed by atoms with E-state index in [9.17, 15) is 19.8 Å². The van der Waals surface area contributed by atoms with E-state index in [1.165, 1.54) is 0 Å². The molecule has 1 heterocycles. The van der Waals surface area contributed by atoms with Crippen LogP contribution in [-0.4, -0.2) is 63.9 Å². The second kappa shape index (κ2) is 5.83. The SMILES string of the molecule is CC(=O)N[C@@H](C(=O)O)[C@@H](O)[C@@H]1OC(C)(C)OC[C@H]1O. The fourth-order valence-electron chi connectivity index (χ4n) is 1.82. The molecule has 0 bridgehead atoms. The van der Waals surface area contributed by atoms with Crippen LogP contribution < -0.4 is 5.32 Å². The third kappa shape index (κ3) is 4.13. The summed E-state index contributed by atoms with van der Waals surface area (Å²) in [6.07, 6.45) is -3.95. The van der Waals surface area contributed by atoms with E-state index in [0.717, 1.165) is 6.92 Å². The Balaban J connectivity index is 2.85. The molecule has 0 radical (unpaired) electrons. The number of carbonyl (C=O) groups excluding carboxylic acids is 1. The van der Waals surface area contributed by atoms with Crippen molar-refractivity contribution in [1.82, 2.24) is 5.32 Å². The first-order valence-corrected chi connectivity index (χ1v) is 5.82. The van der Waals surface area contributed by atoms with Crippen LogP contribution in [-0.2, 0) is 19.1 Å². The number of aliphatic hydroxyl groups is 2. The Kier molecular flexibility index (Phi) is 4.86. The zero-order chi connectivity index (χ0) is 14.8. The highest BCUT2D eigenvalue weighted by molar-refractivity contribution is 5.82. The number of carbonyl (C=O) groups is 2. The number of aliphatic hydroxyl groups excluding tert-OH is 2. The van der Waals surface area contributed by atoms with Crippen molar-refractivity contribution in [2.45, 2.75) is 50.9 Å². The highest BCUT2D eigenvalue weighted by Crippen LogP contribution is 2.25. The van der Waals surface area contributed by atoms with Gasteiger partial charge in [0.2, 0.25) is 5.91 Å². The molecule has 0 aromatic heterocycles. The minimum absolute atomic E-state index is 0.0961. The number of amides is 1. The van der Waals surface area contributed by atoms with E-state index in [1.807, 2.05) is 0 Å². The van der Waals surface area contributed by atoms with E-state index in [1.54, 1.807) is 13.8 Å². The van der Waals surface area contributed by atoms with Crippen LogP contribution in [0.3, 0.4) is 0 Å². The third-order valence-electron chi connectivity index (χ3n) is 2.70. The molecular weight excluding hydrogens is 258 g/mol. The topological polar surface area (TPSA) is 125 Å². The van der Waals surface area contributed by atoms with E-state index in [4.69, 9.17) is 14.6 Å². The number of hydrogen-bond donors (Lipinski definition) is 4. The molecule has 1 fully saturated rings. The summed E-state index contributed by atoms with van der Waals surface area (Å²) in [4.78, 5) is 22.0. The lowest BCUT2D eigenvalue weighted by Gasteiger charge is -2.41. The maximum atomic E-state index is 11.0. The van der Waals surface area contributed by atoms with Gasteiger partial charge in [-0.15, -0.1) is 0 Å². The molecule has 0 aliphatic carbocycles. The van der Waals surface area contributed by atoms with Crippen LogP contribution in [0.15, 0.2) is 0 Å². The van der Waals surface area contributed by atoms with E-state index in [2.05, 4.69) is 5.32 Å². The summed E-state index contributed by atoms with van der Waals surface area (Å²) in [5.41, 5.74) is 0. The number of ether oxygens (including phenoxy) is 2. The molecule has 4 N–H and O–H groups in total. The number of nitrogens with one attached hydrogen (secondary N) is 1. The monoisotopic (exact) mass is 277 g/mol. The summed E-state index contributed by atoms with van der Waals surface area (Å²) in [6.45, 7) is 4.19. The van der Waals surface area contributed by atoms with Crippen molar-refractivity contribution < 1.29 is 34.4 Å². The van der Waals surface area contributed by atoms with Gasteiger partial charge < -0.3 is 30.1 Å². The molecule has 0 unspecified atom stereocenters. The summed E-state index contributed by atoms with van der Waals surface area (Å²) in [5.74, 6) is -3.07. The molecule has 0 saturated carbocycles. The van der Waals surface area contributed by atoms with Crippen molar-refractivity contribution in [3.63, 3.8) is 0 Å². The number of hydrogen-bond acceptors (Lipinski definition) is 6. The second-order valence-corrected chi connectivity index (χ2v) is 4.87. The minimum Gasteiger partial charge on any atom is -0.480 e. The molecule has 0 aromatic rings. The van der Waals surface area contributed by atoms with Gasteiger partial charge in [-0.25, -0.2) is 4.79 Å². The predicted molar refractivity (Wildman–Crippen MR) is 62.2 cm³/mol. The number of aliphatic carboxylic acids is 1. The number of rotatable bonds is 4. The standard InChI is InChI=1S/C11H19NO7/c1-5(13)12-7(10(16)17)8(15)9-6(14)4-18-11(2,3)19-9/h6-9,14-15H,4H2,1-3H3,(H,12,13)(H,16,17)/t6-,7-,8-,9-/m1/s1. The van der Waals surface area contributed by atoms with Gasteiger partial charge in [0.1, 0.15) is 18.3 Å². The molecule has 110 valence electrons. The van der Waals surface area contributed by atoms with Crippen LogP contribution in [0, 0.1) is 0 Å². The zero-order valence-corrected chi connectivity index (χ0v) is 11.0. The summed E-state index contributed by atoms with van der Waals surface area (Å²) >= 11 is 0. The van der Waals surface area contributed by atoms with Gasteiger partial charge in [-0.05, 0) is 13.8 Å². The van der Waals surface area contributed by atoms with Crippen molar-refractivity contribution >= 4 is 11.9 Å². The van der Waals surface area contributed by atoms with Crippen molar-refractivity contribution in [1.29, 1.82) is 0 Å². The van der Waals surface area contributed by atoms with Crippen molar-refractivity contribution in [2.75, 3.05) is 6.61 Å². The largest absolute Gasteiger partial charge is 0.480 e. The molecule has 4 atom stereocenters. The van der Waals surface area contributed by atoms with Crippen molar-refractivity contribution in [3.05, 3.63) is 0 Å². The van der Waals surface area contributed by atoms with E-state index in [-0.39, 0.29) is 6.61 Å². The minimum atomic E-state index is -1.60. The van der Waals surface area contributed by atoms with E-state index in [0.29, 0.717) is 0 Å². The van der Waals surface area contributed by atoms with E-state index < -0.39 is 42.0 Å². The molecule has 1 aliphatic rings. The Morgan fingerprint density at radius 2 is 2.00 bits per heavy atom. The number of carboxylic acids is 1. The smallest absolute Gasteiger partial charge is 0.329 e. The normalized spacial score (nSPS) is 29.3. The first kappa shape index (κ1) is 15.8. The first-order chi connectivity index (χ1) is 8.64. The van der Waals surface area contributed by atoms with Gasteiger partial charge in [0.25, 0.3) is 0 Å². The van der Waals surface area contributed by atoms with Crippen LogP contribution in [0.1, 0.15) is 20.8 Å². The van der Waals surface area contributed by atoms with Gasteiger partial charge in [-0.1, -0.05) is 0 Å². The Morgan fingerprint density at radius 1 is 1.42 bits per heavy atom. The number of carboxylic acid groups (broad SMARTS) is 1. The van der Waals surface area contributed by atoms with Gasteiger partial charge in [0, 0.05) is 6.92 Å². The van der Waals surface area contributed by atoms with Gasteiger partial charge >= 0.3 is 5.97 Å². The van der Waals surface area contributed by atoms with Crippen LogP contribution in [0.25, 0.3) is 0 Å². The van der Waals surface area contributed by atoms with Gasteiger partial charge in [-0.3, -0.25) is 4.79 Å². The lowest BCUT2D eigenvalue weighted by atomic mass is 9.99. The molecule has 1 aliphatic heterocycles. The summed E-state index contributed by atoms with van der Waals surface area (Å²) in [7, 11) is 0. The molecule has 1 amide bonds. The highest BCUT2D eigenvalue weighted by Gasteiger charge is 2.44. The van der Waals surface area contributed by atoms with Gasteiger partial charge in [0.15, 0.2) is 11.8 Å². The van der Waals surface area contributed by atoms with Crippen molar-refractivity contribution in [3.8, 4) is 0 Å². The average molecular weight is 277 g/mol. The molecule has 8 nitrogen and oxygen atoms in total. The lowest BCUT2D eigenvalue weighted by Crippen LogP contribution is -2.61. The zero-order valence-electron chi connectivity index (χ0n) is 11.0. The Labute approximate surface area is 110 Å². The molecule has 0 aromatic carbocycles. The first-order valence-electron chi connectivity index (χ1n) is 5.82. The van der Waals surface area contributed by atoms with Gasteiger partial charge in [-0.2, -0.15) is 0 Å². The lowest BCUT2D eigenvalue weighted by molar-refractivity contribution is -0.319. The van der Waals surface area contributed by atoms with Crippen LogP contribution in [0.4, 0.5) is 0 Å². The Bertz CT molecular complexity index is 357. The van der Waals surface area contributed by atoms with Crippen molar-refractivity contribution in [2.24, 2.45) is 0 Å². The molecule has 19 heavy (non-hydrogen) atoms. The maximum Gasteiger partial charge on any atom is 0.329 e. The average Bonchev–Trinajstić information content (AvgIpc) is 2.28.